The van der Waals surface area contributed by atoms with Crippen molar-refractivity contribution in [1.29, 1.82) is 0 Å². The van der Waals surface area contributed by atoms with Crippen LogP contribution in [0.3, 0.4) is 0 Å². The summed E-state index contributed by atoms with van der Waals surface area (Å²) in [5, 5.41) is -1.08. The molecule has 0 spiro atoms. The van der Waals surface area contributed by atoms with Gasteiger partial charge >= 0.3 is 17.2 Å². The zero-order chi connectivity index (χ0) is 42.2. The Hall–Kier alpha value is -6.77. The first-order chi connectivity index (χ1) is 28.4. The van der Waals surface area contributed by atoms with E-state index in [2.05, 4.69) is 41.1 Å². The molecule has 0 saturated carbocycles. The number of aryl methyl sites for hydroxylation is 2. The molecular formula is C50H41ClO8. The Morgan fingerprint density at radius 3 is 1.32 bits per heavy atom. The molecule has 0 fully saturated rings. The van der Waals surface area contributed by atoms with Crippen LogP contribution in [0.15, 0.2) is 127 Å². The molecule has 0 aromatic heterocycles. The number of benzene rings is 6. The highest BCUT2D eigenvalue weighted by Gasteiger charge is 2.25. The topological polar surface area (TPSA) is 121 Å². The molecule has 59 heavy (non-hydrogen) atoms. The van der Waals surface area contributed by atoms with Crippen LogP contribution in [0.25, 0.3) is 22.3 Å². The lowest BCUT2D eigenvalue weighted by Gasteiger charge is -2.07. The molecule has 0 aliphatic heterocycles. The van der Waals surface area contributed by atoms with E-state index in [0.717, 1.165) is 50.9 Å². The molecule has 0 heterocycles. The van der Waals surface area contributed by atoms with Crippen molar-refractivity contribution < 1.29 is 38.2 Å². The molecule has 6 aromatic carbocycles. The minimum absolute atomic E-state index is 0.0000315. The first-order valence-corrected chi connectivity index (χ1v) is 19.6. The summed E-state index contributed by atoms with van der Waals surface area (Å²) in [4.78, 5) is 69.5. The third-order valence-corrected chi connectivity index (χ3v) is 10.3. The van der Waals surface area contributed by atoms with E-state index >= 15 is 0 Å². The fraction of sp³-hybridized carbons (Fsp3) is 0.160. The molecule has 296 valence electrons. The predicted molar refractivity (Wildman–Crippen MR) is 227 cm³/mol. The number of halogens is 1. The molecule has 0 bridgehead atoms. The summed E-state index contributed by atoms with van der Waals surface area (Å²) in [5.41, 5.74) is 14.5. The number of ether oxygens (including phenoxy) is 2. The second-order valence-corrected chi connectivity index (χ2v) is 14.3. The summed E-state index contributed by atoms with van der Waals surface area (Å²) in [6.07, 6.45) is 1.53. The monoisotopic (exact) mass is 804 g/mol. The van der Waals surface area contributed by atoms with Crippen LogP contribution in [0.4, 0.5) is 0 Å². The van der Waals surface area contributed by atoms with Gasteiger partial charge in [-0.15, -0.1) is 0 Å². The fourth-order valence-electron chi connectivity index (χ4n) is 7.25. The number of hydrogen-bond donors (Lipinski definition) is 0. The molecule has 8 nitrogen and oxygen atoms in total. The van der Waals surface area contributed by atoms with Gasteiger partial charge in [0.25, 0.3) is 5.78 Å². The van der Waals surface area contributed by atoms with Crippen molar-refractivity contribution in [3.05, 3.63) is 189 Å². The number of ketones is 3. The lowest BCUT2D eigenvalue weighted by Crippen LogP contribution is -2.17. The molecule has 0 amide bonds. The minimum atomic E-state index is -1.08. The van der Waals surface area contributed by atoms with Crippen molar-refractivity contribution in [2.45, 2.75) is 40.5 Å². The normalized spacial score (nSPS) is 11.2. The van der Waals surface area contributed by atoms with Crippen LogP contribution >= 0.6 is 11.6 Å². The molecule has 0 saturated heterocycles. The molecule has 0 atom stereocenters. The highest BCUT2D eigenvalue weighted by molar-refractivity contribution is 6.80. The lowest BCUT2D eigenvalue weighted by molar-refractivity contribution is -0.149. The van der Waals surface area contributed by atoms with Crippen molar-refractivity contribution in [2.24, 2.45) is 0 Å². The van der Waals surface area contributed by atoms with Crippen LogP contribution in [0.5, 0.6) is 0 Å². The molecule has 6 aromatic rings. The fourth-order valence-corrected chi connectivity index (χ4v) is 7.30. The number of carbonyl (C=O) groups is 6. The first kappa shape index (κ1) is 41.9. The van der Waals surface area contributed by atoms with E-state index in [0.29, 0.717) is 23.1 Å². The average molecular weight is 805 g/mol. The summed E-state index contributed by atoms with van der Waals surface area (Å²) in [6, 6.07) is 40.9. The molecule has 2 aliphatic rings. The number of esters is 2. The Morgan fingerprint density at radius 1 is 0.475 bits per heavy atom. The average Bonchev–Trinajstić information content (AvgIpc) is 3.81. The molecule has 2 aliphatic carbocycles. The van der Waals surface area contributed by atoms with Gasteiger partial charge in [-0.3, -0.25) is 19.2 Å². The zero-order valence-electron chi connectivity index (χ0n) is 33.1. The van der Waals surface area contributed by atoms with Crippen molar-refractivity contribution >= 4 is 46.1 Å². The summed E-state index contributed by atoms with van der Waals surface area (Å²) in [6.45, 7) is 7.52. The van der Waals surface area contributed by atoms with Gasteiger partial charge in [0.05, 0.1) is 13.2 Å². The van der Waals surface area contributed by atoms with E-state index < -0.39 is 23.0 Å². The third-order valence-electron chi connectivity index (χ3n) is 10.1. The molecule has 8 rings (SSSR count). The van der Waals surface area contributed by atoms with Crippen molar-refractivity contribution in [2.75, 3.05) is 13.2 Å². The summed E-state index contributed by atoms with van der Waals surface area (Å²) < 4.78 is 8.99. The van der Waals surface area contributed by atoms with E-state index in [1.807, 2.05) is 92.7 Å². The van der Waals surface area contributed by atoms with Gasteiger partial charge in [0.2, 0.25) is 0 Å². The van der Waals surface area contributed by atoms with Crippen LogP contribution < -0.4 is 0 Å². The standard InChI is InChI=1S/C25H20O4.C21H16O.C4H5ClO3/c1-3-29-25(28)24(27)17-9-11-22-19(13-17)14-18-12-16(8-10-21(18)22)23(26)20-7-5-4-6-15(20)2;1-14-6-2-4-8-18(14)21(22)16-10-11-20-17(13-16)12-15-7-3-5-9-19(15)20;1-2-8-4(7)3(5)6/h4-13H,3,14H2,1-2H3;2-11,13H,12H2,1H3;2H2,1H3. The van der Waals surface area contributed by atoms with Crippen molar-refractivity contribution in [3.8, 4) is 22.3 Å². The van der Waals surface area contributed by atoms with Gasteiger partial charge in [0.15, 0.2) is 11.6 Å². The Morgan fingerprint density at radius 2 is 0.864 bits per heavy atom. The number of carbonyl (C=O) groups excluding carboxylic acids is 6. The van der Waals surface area contributed by atoms with Crippen LogP contribution in [0.1, 0.15) is 89.4 Å². The summed E-state index contributed by atoms with van der Waals surface area (Å²) in [5.74, 6) is -2.36. The number of Topliss-reactive ketones (excluding diaryl/α,β-unsaturated/α-hetero) is 1. The maximum atomic E-state index is 12.9. The smallest absolute Gasteiger partial charge is 0.391 e. The third kappa shape index (κ3) is 9.35. The number of fused-ring (bicyclic) bond motifs is 6. The number of hydrogen-bond acceptors (Lipinski definition) is 8. The zero-order valence-corrected chi connectivity index (χ0v) is 33.9. The Kier molecular flexibility index (Phi) is 13.2. The first-order valence-electron chi connectivity index (χ1n) is 19.2. The van der Waals surface area contributed by atoms with Crippen LogP contribution in [-0.4, -0.2) is 47.7 Å². The predicted octanol–water partition coefficient (Wildman–Crippen LogP) is 9.66. The lowest BCUT2D eigenvalue weighted by atomic mass is 9.96. The molecular weight excluding hydrogens is 764 g/mol. The van der Waals surface area contributed by atoms with Gasteiger partial charge in [0.1, 0.15) is 0 Å². The van der Waals surface area contributed by atoms with E-state index in [4.69, 9.17) is 16.3 Å². The Balaban J connectivity index is 0.000000172. The quantitative estimate of drug-likeness (QED) is 0.0612. The van der Waals surface area contributed by atoms with Gasteiger partial charge in [-0.1, -0.05) is 109 Å². The highest BCUT2D eigenvalue weighted by Crippen LogP contribution is 2.39. The van der Waals surface area contributed by atoms with Gasteiger partial charge in [-0.05, 0) is 126 Å². The van der Waals surface area contributed by atoms with Gasteiger partial charge in [0, 0.05) is 27.8 Å². The van der Waals surface area contributed by atoms with E-state index in [-0.39, 0.29) is 24.8 Å². The summed E-state index contributed by atoms with van der Waals surface area (Å²) >= 11 is 4.69. The number of rotatable bonds is 9. The maximum Gasteiger partial charge on any atom is 0.391 e. The Bertz CT molecular complexity index is 2640. The van der Waals surface area contributed by atoms with Crippen LogP contribution in [-0.2, 0) is 36.7 Å². The molecule has 0 N–H and O–H groups in total. The molecule has 9 heteroatoms. The van der Waals surface area contributed by atoms with Gasteiger partial charge < -0.3 is 9.47 Å². The van der Waals surface area contributed by atoms with Crippen LogP contribution in [0.2, 0.25) is 0 Å². The van der Waals surface area contributed by atoms with E-state index in [9.17, 15) is 28.8 Å². The highest BCUT2D eigenvalue weighted by atomic mass is 35.5. The van der Waals surface area contributed by atoms with E-state index in [1.165, 1.54) is 22.3 Å². The summed E-state index contributed by atoms with van der Waals surface area (Å²) in [7, 11) is 0. The second-order valence-electron chi connectivity index (χ2n) is 14.0. The second kappa shape index (κ2) is 18.7. The molecule has 0 unspecified atom stereocenters. The SMILES string of the molecule is CCOC(=O)C(=O)Cl.CCOC(=O)C(=O)c1ccc2c(c1)Cc1cc(C(=O)c3ccccc3C)ccc1-2.Cc1ccccc1C(=O)c1ccc2c(c1)Cc1ccccc1-2. The largest absolute Gasteiger partial charge is 0.460 e. The van der Waals surface area contributed by atoms with Crippen molar-refractivity contribution in [1.82, 2.24) is 0 Å². The van der Waals surface area contributed by atoms with Gasteiger partial charge in [-0.25, -0.2) is 9.59 Å². The van der Waals surface area contributed by atoms with Gasteiger partial charge in [-0.2, -0.15) is 0 Å². The minimum Gasteiger partial charge on any atom is -0.460 e. The van der Waals surface area contributed by atoms with E-state index in [1.54, 1.807) is 26.0 Å². The molecule has 0 radical (unpaired) electrons. The maximum absolute atomic E-state index is 12.9. The van der Waals surface area contributed by atoms with Crippen molar-refractivity contribution in [3.63, 3.8) is 0 Å². The Labute approximate surface area is 347 Å². The van der Waals surface area contributed by atoms with Crippen LogP contribution in [0, 0.1) is 13.8 Å².